The standard InChI is InChI=1S/C12H16F2N2O2/c1-8(16-5-6-18-7-11(15)17)9-3-2-4-10(13)12(9)14/h2-4,8,16H,5-7H2,1H3,(H2,15,17). The molecule has 0 aliphatic rings. The highest BCUT2D eigenvalue weighted by atomic mass is 19.2. The van der Waals surface area contributed by atoms with E-state index in [4.69, 9.17) is 10.5 Å². The van der Waals surface area contributed by atoms with E-state index in [-0.39, 0.29) is 24.8 Å². The fourth-order valence-electron chi connectivity index (χ4n) is 1.49. The third-order valence-corrected chi connectivity index (χ3v) is 2.39. The largest absolute Gasteiger partial charge is 0.370 e. The van der Waals surface area contributed by atoms with Gasteiger partial charge in [0.05, 0.1) is 6.61 Å². The zero-order chi connectivity index (χ0) is 13.5. The van der Waals surface area contributed by atoms with Crippen LogP contribution >= 0.6 is 0 Å². The molecule has 1 amide bonds. The van der Waals surface area contributed by atoms with Crippen LogP contribution in [0, 0.1) is 11.6 Å². The summed E-state index contributed by atoms with van der Waals surface area (Å²) in [5, 5.41) is 2.96. The smallest absolute Gasteiger partial charge is 0.243 e. The summed E-state index contributed by atoms with van der Waals surface area (Å²) in [6.45, 7) is 2.24. The number of hydrogen-bond donors (Lipinski definition) is 2. The molecule has 0 bridgehead atoms. The highest BCUT2D eigenvalue weighted by Crippen LogP contribution is 2.18. The second-order valence-corrected chi connectivity index (χ2v) is 3.84. The molecule has 0 fully saturated rings. The van der Waals surface area contributed by atoms with Crippen LogP contribution < -0.4 is 11.1 Å². The summed E-state index contributed by atoms with van der Waals surface area (Å²) in [6.07, 6.45) is 0. The van der Waals surface area contributed by atoms with Crippen LogP contribution in [-0.2, 0) is 9.53 Å². The first-order chi connectivity index (χ1) is 8.52. The van der Waals surface area contributed by atoms with Gasteiger partial charge in [-0.15, -0.1) is 0 Å². The van der Waals surface area contributed by atoms with Crippen LogP contribution in [0.5, 0.6) is 0 Å². The lowest BCUT2D eigenvalue weighted by Gasteiger charge is -2.15. The maximum absolute atomic E-state index is 13.4. The summed E-state index contributed by atoms with van der Waals surface area (Å²) in [7, 11) is 0. The molecule has 1 aromatic rings. The predicted octanol–water partition coefficient (Wildman–Crippen LogP) is 1.12. The molecule has 1 unspecified atom stereocenters. The van der Waals surface area contributed by atoms with Gasteiger partial charge in [0, 0.05) is 18.2 Å². The van der Waals surface area contributed by atoms with Crippen LogP contribution in [0.1, 0.15) is 18.5 Å². The van der Waals surface area contributed by atoms with E-state index in [0.29, 0.717) is 6.54 Å². The first kappa shape index (κ1) is 14.5. The summed E-state index contributed by atoms with van der Waals surface area (Å²) in [4.78, 5) is 10.4. The zero-order valence-electron chi connectivity index (χ0n) is 10.1. The van der Waals surface area contributed by atoms with Gasteiger partial charge in [-0.05, 0) is 13.0 Å². The molecule has 18 heavy (non-hydrogen) atoms. The van der Waals surface area contributed by atoms with E-state index in [1.165, 1.54) is 12.1 Å². The summed E-state index contributed by atoms with van der Waals surface area (Å²) in [5.41, 5.74) is 5.14. The number of nitrogens with two attached hydrogens (primary N) is 1. The quantitative estimate of drug-likeness (QED) is 0.720. The van der Waals surface area contributed by atoms with E-state index < -0.39 is 17.5 Å². The molecule has 0 spiro atoms. The number of amides is 1. The normalized spacial score (nSPS) is 12.4. The van der Waals surface area contributed by atoms with Crippen molar-refractivity contribution >= 4 is 5.91 Å². The number of carbonyl (C=O) groups excluding carboxylic acids is 1. The fourth-order valence-corrected chi connectivity index (χ4v) is 1.49. The lowest BCUT2D eigenvalue weighted by molar-refractivity contribution is -0.122. The molecule has 1 atom stereocenters. The van der Waals surface area contributed by atoms with Crippen molar-refractivity contribution in [2.45, 2.75) is 13.0 Å². The van der Waals surface area contributed by atoms with Gasteiger partial charge in [-0.2, -0.15) is 0 Å². The van der Waals surface area contributed by atoms with Crippen molar-refractivity contribution < 1.29 is 18.3 Å². The third-order valence-electron chi connectivity index (χ3n) is 2.39. The molecule has 6 heteroatoms. The first-order valence-corrected chi connectivity index (χ1v) is 5.55. The van der Waals surface area contributed by atoms with E-state index in [9.17, 15) is 13.6 Å². The summed E-state index contributed by atoms with van der Waals surface area (Å²) in [6, 6.07) is 3.69. The van der Waals surface area contributed by atoms with Gasteiger partial charge in [-0.1, -0.05) is 12.1 Å². The van der Waals surface area contributed by atoms with E-state index in [2.05, 4.69) is 5.32 Å². The number of ether oxygens (including phenoxy) is 1. The monoisotopic (exact) mass is 258 g/mol. The molecule has 1 rings (SSSR count). The molecule has 0 radical (unpaired) electrons. The minimum atomic E-state index is -0.869. The van der Waals surface area contributed by atoms with Gasteiger partial charge >= 0.3 is 0 Å². The van der Waals surface area contributed by atoms with Gasteiger partial charge < -0.3 is 15.8 Å². The number of primary amides is 1. The van der Waals surface area contributed by atoms with Gasteiger partial charge in [0.25, 0.3) is 0 Å². The van der Waals surface area contributed by atoms with Crippen molar-refractivity contribution in [1.29, 1.82) is 0 Å². The predicted molar refractivity (Wildman–Crippen MR) is 62.8 cm³/mol. The van der Waals surface area contributed by atoms with Crippen molar-refractivity contribution in [3.05, 3.63) is 35.4 Å². The molecule has 0 aromatic heterocycles. The second kappa shape index (κ2) is 7.03. The minimum Gasteiger partial charge on any atom is -0.370 e. The molecule has 0 saturated carbocycles. The Morgan fingerprint density at radius 3 is 2.89 bits per heavy atom. The average Bonchev–Trinajstić information content (AvgIpc) is 2.31. The maximum Gasteiger partial charge on any atom is 0.243 e. The van der Waals surface area contributed by atoms with Gasteiger partial charge in [0.2, 0.25) is 5.91 Å². The van der Waals surface area contributed by atoms with E-state index in [0.717, 1.165) is 6.07 Å². The number of carbonyl (C=O) groups is 1. The van der Waals surface area contributed by atoms with Gasteiger partial charge in [0.1, 0.15) is 6.61 Å². The van der Waals surface area contributed by atoms with Gasteiger partial charge in [-0.25, -0.2) is 8.78 Å². The number of nitrogens with one attached hydrogen (secondary N) is 1. The second-order valence-electron chi connectivity index (χ2n) is 3.84. The van der Waals surface area contributed by atoms with Crippen molar-refractivity contribution in [3.8, 4) is 0 Å². The maximum atomic E-state index is 13.4. The molecule has 3 N–H and O–H groups in total. The lowest BCUT2D eigenvalue weighted by atomic mass is 10.1. The Morgan fingerprint density at radius 2 is 2.22 bits per heavy atom. The van der Waals surface area contributed by atoms with Crippen LogP contribution in [0.25, 0.3) is 0 Å². The van der Waals surface area contributed by atoms with Crippen molar-refractivity contribution in [3.63, 3.8) is 0 Å². The van der Waals surface area contributed by atoms with Crippen LogP contribution in [0.4, 0.5) is 8.78 Å². The number of hydrogen-bond acceptors (Lipinski definition) is 3. The molecule has 100 valence electrons. The van der Waals surface area contributed by atoms with E-state index in [1.54, 1.807) is 6.92 Å². The van der Waals surface area contributed by atoms with Crippen LogP contribution in [0.2, 0.25) is 0 Å². The molecular formula is C12H16F2N2O2. The molecular weight excluding hydrogens is 242 g/mol. The highest BCUT2D eigenvalue weighted by Gasteiger charge is 2.13. The Bertz CT molecular complexity index is 413. The first-order valence-electron chi connectivity index (χ1n) is 5.55. The van der Waals surface area contributed by atoms with Crippen LogP contribution in [0.15, 0.2) is 18.2 Å². The van der Waals surface area contributed by atoms with E-state index in [1.807, 2.05) is 0 Å². The highest BCUT2D eigenvalue weighted by molar-refractivity contribution is 5.74. The Balaban J connectivity index is 2.38. The number of halogens is 2. The topological polar surface area (TPSA) is 64.3 Å². The molecule has 0 heterocycles. The van der Waals surface area contributed by atoms with Crippen molar-refractivity contribution in [2.24, 2.45) is 5.73 Å². The van der Waals surface area contributed by atoms with Gasteiger partial charge in [0.15, 0.2) is 11.6 Å². The Hall–Kier alpha value is -1.53. The number of rotatable bonds is 7. The molecule has 0 saturated heterocycles. The SMILES string of the molecule is CC(NCCOCC(N)=O)c1cccc(F)c1F. The Morgan fingerprint density at radius 1 is 1.50 bits per heavy atom. The van der Waals surface area contributed by atoms with E-state index >= 15 is 0 Å². The third kappa shape index (κ3) is 4.38. The fraction of sp³-hybridized carbons (Fsp3) is 0.417. The lowest BCUT2D eigenvalue weighted by Crippen LogP contribution is -2.26. The van der Waals surface area contributed by atoms with Gasteiger partial charge in [-0.3, -0.25) is 4.79 Å². The Labute approximate surface area is 104 Å². The molecule has 1 aromatic carbocycles. The Kier molecular flexibility index (Phi) is 5.67. The summed E-state index contributed by atoms with van der Waals surface area (Å²) in [5.74, 6) is -2.26. The number of benzene rings is 1. The summed E-state index contributed by atoms with van der Waals surface area (Å²) >= 11 is 0. The van der Waals surface area contributed by atoms with Crippen LogP contribution in [-0.4, -0.2) is 25.7 Å². The molecule has 0 aliphatic heterocycles. The van der Waals surface area contributed by atoms with Crippen LogP contribution in [0.3, 0.4) is 0 Å². The average molecular weight is 258 g/mol. The molecule has 4 nitrogen and oxygen atoms in total. The minimum absolute atomic E-state index is 0.148. The van der Waals surface area contributed by atoms with Crippen molar-refractivity contribution in [1.82, 2.24) is 5.32 Å². The van der Waals surface area contributed by atoms with Crippen molar-refractivity contribution in [2.75, 3.05) is 19.8 Å². The molecule has 0 aliphatic carbocycles. The zero-order valence-corrected chi connectivity index (χ0v) is 10.1. The summed E-state index contributed by atoms with van der Waals surface area (Å²) < 4.78 is 31.3.